The maximum Gasteiger partial charge on any atom is 0.0913 e. The first-order valence-electron chi connectivity index (χ1n) is 4.26. The normalized spacial score (nSPS) is 13.2. The summed E-state index contributed by atoms with van der Waals surface area (Å²) in [5.74, 6) is 0. The fourth-order valence-corrected chi connectivity index (χ4v) is 2.72. The molecule has 0 saturated heterocycles. The van der Waals surface area contributed by atoms with Gasteiger partial charge in [0, 0.05) is 12.0 Å². The van der Waals surface area contributed by atoms with Gasteiger partial charge < -0.3 is 10.5 Å². The average Bonchev–Trinajstić information content (AvgIpc) is 2.54. The molecule has 1 atom stereocenters. The lowest BCUT2D eigenvalue weighted by atomic mass is 10.1. The molecule has 0 amide bonds. The number of ether oxygens (including phenoxy) is 1. The minimum atomic E-state index is 0.208. The van der Waals surface area contributed by atoms with Crippen LogP contribution in [0, 0.1) is 0 Å². The van der Waals surface area contributed by atoms with Crippen molar-refractivity contribution in [3.05, 3.63) is 20.8 Å². The zero-order valence-corrected chi connectivity index (χ0v) is 10.0. The summed E-state index contributed by atoms with van der Waals surface area (Å²) in [7, 11) is 1.74. The molecule has 0 saturated carbocycles. The zero-order chi connectivity index (χ0) is 9.68. The van der Waals surface area contributed by atoms with Crippen LogP contribution in [0.3, 0.4) is 0 Å². The van der Waals surface area contributed by atoms with Crippen molar-refractivity contribution in [2.75, 3.05) is 13.7 Å². The van der Waals surface area contributed by atoms with Gasteiger partial charge in [0.1, 0.15) is 0 Å². The van der Waals surface area contributed by atoms with E-state index in [9.17, 15) is 0 Å². The van der Waals surface area contributed by atoms with Crippen molar-refractivity contribution in [2.45, 2.75) is 18.9 Å². The Morgan fingerprint density at radius 3 is 2.85 bits per heavy atom. The summed E-state index contributed by atoms with van der Waals surface area (Å²) in [5, 5.41) is 0. The largest absolute Gasteiger partial charge is 0.376 e. The van der Waals surface area contributed by atoms with Crippen LogP contribution in [-0.2, 0) is 4.74 Å². The highest BCUT2D eigenvalue weighted by atomic mass is 79.9. The number of rotatable bonds is 5. The molecule has 0 spiro atoms. The SMILES string of the molecule is COC(CCCN)c1ccc(Br)s1. The van der Waals surface area contributed by atoms with E-state index < -0.39 is 0 Å². The topological polar surface area (TPSA) is 35.2 Å². The summed E-state index contributed by atoms with van der Waals surface area (Å²) >= 11 is 5.16. The molecule has 2 N–H and O–H groups in total. The van der Waals surface area contributed by atoms with Gasteiger partial charge in [-0.3, -0.25) is 0 Å². The van der Waals surface area contributed by atoms with Crippen LogP contribution in [0.4, 0.5) is 0 Å². The molecular weight excluding hydrogens is 250 g/mol. The fraction of sp³-hybridized carbons (Fsp3) is 0.556. The van der Waals surface area contributed by atoms with Gasteiger partial charge in [-0.2, -0.15) is 0 Å². The minimum Gasteiger partial charge on any atom is -0.376 e. The van der Waals surface area contributed by atoms with Crippen molar-refractivity contribution < 1.29 is 4.74 Å². The van der Waals surface area contributed by atoms with Gasteiger partial charge in [0.25, 0.3) is 0 Å². The Kier molecular flexibility index (Phi) is 4.94. The lowest BCUT2D eigenvalue weighted by Crippen LogP contribution is -2.04. The number of thiophene rings is 1. The fourth-order valence-electron chi connectivity index (χ4n) is 1.18. The van der Waals surface area contributed by atoms with E-state index in [2.05, 4.69) is 28.1 Å². The standard InChI is InChI=1S/C9H14BrNOS/c1-12-7(3-2-6-11)8-4-5-9(10)13-8/h4-5,7H,2-3,6,11H2,1H3. The van der Waals surface area contributed by atoms with Crippen LogP contribution >= 0.6 is 27.3 Å². The smallest absolute Gasteiger partial charge is 0.0913 e. The van der Waals surface area contributed by atoms with E-state index in [0.29, 0.717) is 0 Å². The Hall–Kier alpha value is 0.1000. The van der Waals surface area contributed by atoms with Gasteiger partial charge in [-0.25, -0.2) is 0 Å². The number of halogens is 1. The second-order valence-electron chi connectivity index (χ2n) is 2.80. The molecule has 0 aromatic carbocycles. The van der Waals surface area contributed by atoms with E-state index in [4.69, 9.17) is 10.5 Å². The molecule has 1 aromatic rings. The van der Waals surface area contributed by atoms with Gasteiger partial charge in [-0.15, -0.1) is 11.3 Å². The highest BCUT2D eigenvalue weighted by molar-refractivity contribution is 9.11. The summed E-state index contributed by atoms with van der Waals surface area (Å²) in [6.07, 6.45) is 2.22. The zero-order valence-electron chi connectivity index (χ0n) is 7.63. The predicted octanol–water partition coefficient (Wildman–Crippen LogP) is 2.94. The van der Waals surface area contributed by atoms with Crippen molar-refractivity contribution in [1.82, 2.24) is 0 Å². The molecule has 1 unspecified atom stereocenters. The molecule has 13 heavy (non-hydrogen) atoms. The van der Waals surface area contributed by atoms with Crippen LogP contribution in [0.15, 0.2) is 15.9 Å². The lowest BCUT2D eigenvalue weighted by molar-refractivity contribution is 0.0973. The quantitative estimate of drug-likeness (QED) is 0.887. The molecule has 1 heterocycles. The van der Waals surface area contributed by atoms with Gasteiger partial charge in [-0.05, 0) is 47.4 Å². The molecule has 2 nitrogen and oxygen atoms in total. The summed E-state index contributed by atoms with van der Waals surface area (Å²) in [6.45, 7) is 0.729. The highest BCUT2D eigenvalue weighted by Crippen LogP contribution is 2.31. The van der Waals surface area contributed by atoms with E-state index in [-0.39, 0.29) is 6.10 Å². The van der Waals surface area contributed by atoms with E-state index in [1.165, 1.54) is 4.88 Å². The summed E-state index contributed by atoms with van der Waals surface area (Å²) in [4.78, 5) is 1.27. The van der Waals surface area contributed by atoms with E-state index in [1.807, 2.05) is 0 Å². The van der Waals surface area contributed by atoms with E-state index in [1.54, 1.807) is 18.4 Å². The Labute approximate surface area is 91.2 Å². The van der Waals surface area contributed by atoms with E-state index >= 15 is 0 Å². The summed E-state index contributed by atoms with van der Waals surface area (Å²) in [6, 6.07) is 4.15. The van der Waals surface area contributed by atoms with E-state index in [0.717, 1.165) is 23.2 Å². The van der Waals surface area contributed by atoms with Crippen LogP contribution < -0.4 is 5.73 Å². The second kappa shape index (κ2) is 5.75. The summed E-state index contributed by atoms with van der Waals surface area (Å²) < 4.78 is 6.54. The van der Waals surface area contributed by atoms with Crippen molar-refractivity contribution in [3.63, 3.8) is 0 Å². The van der Waals surface area contributed by atoms with Crippen molar-refractivity contribution in [1.29, 1.82) is 0 Å². The van der Waals surface area contributed by atoms with Gasteiger partial charge in [0.15, 0.2) is 0 Å². The highest BCUT2D eigenvalue weighted by Gasteiger charge is 2.11. The number of methoxy groups -OCH3 is 1. The number of hydrogen-bond acceptors (Lipinski definition) is 3. The molecule has 0 aliphatic carbocycles. The molecule has 0 radical (unpaired) electrons. The summed E-state index contributed by atoms with van der Waals surface area (Å²) in [5.41, 5.74) is 5.45. The van der Waals surface area contributed by atoms with Crippen LogP contribution in [0.5, 0.6) is 0 Å². The van der Waals surface area contributed by atoms with Gasteiger partial charge in [0.2, 0.25) is 0 Å². The molecule has 0 bridgehead atoms. The molecule has 1 rings (SSSR count). The van der Waals surface area contributed by atoms with Crippen LogP contribution in [-0.4, -0.2) is 13.7 Å². The second-order valence-corrected chi connectivity index (χ2v) is 5.29. The molecular formula is C9H14BrNOS. The average molecular weight is 264 g/mol. The third kappa shape index (κ3) is 3.38. The molecule has 0 aliphatic rings. The molecule has 74 valence electrons. The number of hydrogen-bond donors (Lipinski definition) is 1. The Balaban J connectivity index is 2.56. The molecule has 0 fully saturated rings. The third-order valence-corrected chi connectivity index (χ3v) is 3.58. The molecule has 1 aromatic heterocycles. The first kappa shape index (κ1) is 11.2. The van der Waals surface area contributed by atoms with Crippen molar-refractivity contribution in [3.8, 4) is 0 Å². The predicted molar refractivity (Wildman–Crippen MR) is 60.1 cm³/mol. The first-order chi connectivity index (χ1) is 6.27. The Bertz CT molecular complexity index is 252. The van der Waals surface area contributed by atoms with Crippen molar-refractivity contribution in [2.24, 2.45) is 5.73 Å². The molecule has 4 heteroatoms. The van der Waals surface area contributed by atoms with Gasteiger partial charge in [0.05, 0.1) is 9.89 Å². The lowest BCUT2D eigenvalue weighted by Gasteiger charge is -2.12. The minimum absolute atomic E-state index is 0.208. The third-order valence-electron chi connectivity index (χ3n) is 1.87. The van der Waals surface area contributed by atoms with Crippen LogP contribution in [0.2, 0.25) is 0 Å². The van der Waals surface area contributed by atoms with Gasteiger partial charge >= 0.3 is 0 Å². The molecule has 0 aliphatic heterocycles. The Morgan fingerprint density at radius 2 is 2.38 bits per heavy atom. The van der Waals surface area contributed by atoms with Gasteiger partial charge in [-0.1, -0.05) is 0 Å². The maximum atomic E-state index is 5.45. The van der Waals surface area contributed by atoms with Crippen LogP contribution in [0.25, 0.3) is 0 Å². The Morgan fingerprint density at radius 1 is 1.62 bits per heavy atom. The number of nitrogens with two attached hydrogens (primary N) is 1. The maximum absolute atomic E-state index is 5.45. The van der Waals surface area contributed by atoms with Crippen LogP contribution in [0.1, 0.15) is 23.8 Å². The first-order valence-corrected chi connectivity index (χ1v) is 5.87. The monoisotopic (exact) mass is 263 g/mol. The van der Waals surface area contributed by atoms with Crippen molar-refractivity contribution >= 4 is 27.3 Å².